The lowest BCUT2D eigenvalue weighted by Crippen LogP contribution is -2.66. The molecule has 1 aliphatic heterocycles. The molecule has 0 aliphatic carbocycles. The molecule has 18 heteroatoms. The summed E-state index contributed by atoms with van der Waals surface area (Å²) in [6.07, 6.45) is -6.79. The van der Waals surface area contributed by atoms with E-state index < -0.39 is 71.7 Å². The molecule has 0 unspecified atom stereocenters. The predicted octanol–water partition coefficient (Wildman–Crippen LogP) is 0.972. The number of rotatable bonds is 9. The number of fused-ring (bicyclic) bond motifs is 1. The molecule has 5 atom stereocenters. The smallest absolute Gasteiger partial charge is 0.345 e. The minimum absolute atomic E-state index is 0.0272. The first-order valence-corrected chi connectivity index (χ1v) is 13.2. The monoisotopic (exact) mass is 636 g/mol. The first kappa shape index (κ1) is 33.5. The lowest BCUT2D eigenvalue weighted by atomic mass is 9.97. The van der Waals surface area contributed by atoms with Crippen LogP contribution in [0.15, 0.2) is 38.6 Å². The molecule has 1 aliphatic rings. The van der Waals surface area contributed by atoms with Crippen LogP contribution in [0.25, 0.3) is 11.0 Å². The van der Waals surface area contributed by atoms with Crippen LogP contribution in [0.2, 0.25) is 0 Å². The average Bonchev–Trinajstić information content (AvgIpc) is 2.92. The average molecular weight is 637 g/mol. The zero-order valence-corrected chi connectivity index (χ0v) is 24.8. The third-order valence-electron chi connectivity index (χ3n) is 5.91. The molecule has 0 amide bonds. The summed E-state index contributed by atoms with van der Waals surface area (Å²) in [5.74, 6) is -3.08. The fourth-order valence-electron chi connectivity index (χ4n) is 4.18. The van der Waals surface area contributed by atoms with Crippen molar-refractivity contribution in [1.82, 2.24) is 10.7 Å². The Kier molecular flexibility index (Phi) is 11.0. The van der Waals surface area contributed by atoms with E-state index in [1.54, 1.807) is 0 Å². The molecule has 44 heavy (non-hydrogen) atoms. The summed E-state index contributed by atoms with van der Waals surface area (Å²) in [6.45, 7) is 5.40. The first-order valence-electron chi connectivity index (χ1n) is 12.8. The molecule has 236 valence electrons. The Morgan fingerprint density at radius 3 is 2.16 bits per heavy atom. The number of carbonyl (C=O) groups is 4. The van der Waals surface area contributed by atoms with E-state index in [9.17, 15) is 34.1 Å². The zero-order chi connectivity index (χ0) is 32.7. The highest BCUT2D eigenvalue weighted by Crippen LogP contribution is 2.28. The molecule has 2 N–H and O–H groups in total. The topological polar surface area (TPSA) is 224 Å². The molecule has 17 nitrogen and oxygen atoms in total. The van der Waals surface area contributed by atoms with Crippen molar-refractivity contribution in [3.8, 4) is 0 Å². The lowest BCUT2D eigenvalue weighted by molar-refractivity contribution is -0.384. The Hall–Kier alpha value is -4.97. The van der Waals surface area contributed by atoms with Gasteiger partial charge in [0.1, 0.15) is 18.3 Å². The molecule has 1 fully saturated rings. The van der Waals surface area contributed by atoms with Crippen molar-refractivity contribution in [1.29, 1.82) is 0 Å². The highest BCUT2D eigenvalue weighted by atomic mass is 32.1. The molecule has 0 spiro atoms. The summed E-state index contributed by atoms with van der Waals surface area (Å²) < 4.78 is 32.2. The van der Waals surface area contributed by atoms with Crippen LogP contribution >= 0.6 is 12.2 Å². The number of nitrogens with zero attached hydrogens (tertiary/aromatic N) is 2. The van der Waals surface area contributed by atoms with E-state index in [0.29, 0.717) is 0 Å². The number of carbonyl (C=O) groups excluding carboxylic acids is 4. The van der Waals surface area contributed by atoms with Crippen molar-refractivity contribution in [2.24, 2.45) is 5.10 Å². The number of esters is 4. The molecular formula is C26H28N4O13S. The largest absolute Gasteiger partial charge is 0.463 e. The number of hydrogen-bond donors (Lipinski definition) is 2. The number of nitro groups is 1. The Bertz CT molecular complexity index is 1570. The standard InChI is InChI=1S/C26H28N4O13S/c1-11(18-9-16-8-17(30(36)37)6-7-19(16)43-25(18)35)28-29-26(44)27-24-23(41-15(5)34)22(40-14(4)33)21(39-13(3)32)20(42-24)10-38-12(2)31/h6-9,20-24H,10H2,1-5H3,(H2,27,29,44)/b28-11+/t20-,21-,22+,23-,24-/m1/s1. The van der Waals surface area contributed by atoms with E-state index in [2.05, 4.69) is 15.8 Å². The van der Waals surface area contributed by atoms with Gasteiger partial charge in [0.25, 0.3) is 5.69 Å². The first-order chi connectivity index (χ1) is 20.7. The summed E-state index contributed by atoms with van der Waals surface area (Å²) in [4.78, 5) is 70.4. The van der Waals surface area contributed by atoms with Crippen LogP contribution < -0.4 is 16.4 Å². The molecular weight excluding hydrogens is 608 g/mol. The van der Waals surface area contributed by atoms with Crippen molar-refractivity contribution in [3.63, 3.8) is 0 Å². The highest BCUT2D eigenvalue weighted by molar-refractivity contribution is 7.80. The normalized spacial score (nSPS) is 21.5. The Balaban J connectivity index is 1.89. The minimum Gasteiger partial charge on any atom is -0.463 e. The Morgan fingerprint density at radius 2 is 1.57 bits per heavy atom. The number of ether oxygens (including phenoxy) is 5. The minimum atomic E-state index is -1.43. The summed E-state index contributed by atoms with van der Waals surface area (Å²) in [7, 11) is 0. The highest BCUT2D eigenvalue weighted by Gasteiger charge is 2.52. The number of benzene rings is 1. The van der Waals surface area contributed by atoms with Crippen LogP contribution in [0.4, 0.5) is 5.69 Å². The SMILES string of the molecule is CC(=O)OC[C@H]1O[C@@H](NC(=S)N/N=C(\C)c2cc3cc([N+](=O)[O-])ccc3oc2=O)[C@H](OC(C)=O)[C@@H](OC(C)=O)[C@@H]1OC(C)=O. The summed E-state index contributed by atoms with van der Waals surface area (Å²) in [6, 6.07) is 5.10. The fraction of sp³-hybridized carbons (Fsp3) is 0.423. The van der Waals surface area contributed by atoms with Crippen LogP contribution in [0.5, 0.6) is 0 Å². The van der Waals surface area contributed by atoms with Gasteiger partial charge in [0.15, 0.2) is 29.7 Å². The molecule has 1 aromatic heterocycles. The Morgan fingerprint density at radius 1 is 0.955 bits per heavy atom. The van der Waals surface area contributed by atoms with Crippen LogP contribution in [0, 0.1) is 10.1 Å². The molecule has 0 bridgehead atoms. The maximum Gasteiger partial charge on any atom is 0.345 e. The van der Waals surface area contributed by atoms with E-state index in [1.807, 2.05) is 0 Å². The van der Waals surface area contributed by atoms with Gasteiger partial charge in [-0.05, 0) is 31.3 Å². The molecule has 1 aromatic carbocycles. The van der Waals surface area contributed by atoms with Crippen molar-refractivity contribution in [2.75, 3.05) is 6.61 Å². The molecule has 0 saturated carbocycles. The van der Waals surface area contributed by atoms with Gasteiger partial charge in [0.05, 0.1) is 16.2 Å². The van der Waals surface area contributed by atoms with Gasteiger partial charge in [0, 0.05) is 45.2 Å². The van der Waals surface area contributed by atoms with Crippen molar-refractivity contribution < 1.29 is 52.2 Å². The molecule has 2 aromatic rings. The van der Waals surface area contributed by atoms with Gasteiger partial charge in [-0.2, -0.15) is 5.10 Å². The Labute approximate surface area is 253 Å². The van der Waals surface area contributed by atoms with Crippen molar-refractivity contribution >= 4 is 63.6 Å². The van der Waals surface area contributed by atoms with Gasteiger partial charge in [-0.25, -0.2) is 4.79 Å². The number of hydrogen-bond acceptors (Lipinski definition) is 15. The second-order valence-electron chi connectivity index (χ2n) is 9.33. The predicted molar refractivity (Wildman–Crippen MR) is 152 cm³/mol. The van der Waals surface area contributed by atoms with Gasteiger partial charge in [-0.1, -0.05) is 0 Å². The van der Waals surface area contributed by atoms with Crippen molar-refractivity contribution in [3.05, 3.63) is 50.4 Å². The van der Waals surface area contributed by atoms with Crippen LogP contribution in [-0.4, -0.2) is 76.9 Å². The maximum absolute atomic E-state index is 12.5. The number of non-ortho nitro benzene ring substituents is 1. The molecule has 1 saturated heterocycles. The van der Waals surface area contributed by atoms with Gasteiger partial charge in [0.2, 0.25) is 0 Å². The van der Waals surface area contributed by atoms with E-state index in [4.69, 9.17) is 40.3 Å². The maximum atomic E-state index is 12.5. The van der Waals surface area contributed by atoms with E-state index >= 15 is 0 Å². The summed E-state index contributed by atoms with van der Waals surface area (Å²) in [5.41, 5.74) is 1.70. The quantitative estimate of drug-likeness (QED) is 0.0744. The van der Waals surface area contributed by atoms with Gasteiger partial charge < -0.3 is 33.4 Å². The summed E-state index contributed by atoms with van der Waals surface area (Å²) in [5, 5.41) is 17.9. The zero-order valence-electron chi connectivity index (χ0n) is 24.0. The van der Waals surface area contributed by atoms with E-state index in [1.165, 1.54) is 31.2 Å². The number of hydrazone groups is 1. The lowest BCUT2D eigenvalue weighted by Gasteiger charge is -2.44. The summed E-state index contributed by atoms with van der Waals surface area (Å²) >= 11 is 5.29. The van der Waals surface area contributed by atoms with Crippen LogP contribution in [0.1, 0.15) is 40.2 Å². The van der Waals surface area contributed by atoms with Crippen LogP contribution in [0.3, 0.4) is 0 Å². The second-order valence-corrected chi connectivity index (χ2v) is 9.74. The fourth-order valence-corrected chi connectivity index (χ4v) is 4.34. The molecule has 0 radical (unpaired) electrons. The molecule has 3 rings (SSSR count). The van der Waals surface area contributed by atoms with Crippen molar-refractivity contribution in [2.45, 2.75) is 65.3 Å². The van der Waals surface area contributed by atoms with Crippen LogP contribution in [-0.2, 0) is 42.9 Å². The number of thiocarbonyl (C=S) groups is 1. The van der Waals surface area contributed by atoms with E-state index in [-0.39, 0.29) is 33.0 Å². The van der Waals surface area contributed by atoms with Gasteiger partial charge in [-0.3, -0.25) is 34.7 Å². The number of nitro benzene ring substituents is 1. The van der Waals surface area contributed by atoms with Gasteiger partial charge >= 0.3 is 29.5 Å². The molecule has 2 heterocycles. The third kappa shape index (κ3) is 8.77. The van der Waals surface area contributed by atoms with Gasteiger partial charge in [-0.15, -0.1) is 0 Å². The van der Waals surface area contributed by atoms with E-state index in [0.717, 1.165) is 27.7 Å². The third-order valence-corrected chi connectivity index (χ3v) is 6.11. The second kappa shape index (κ2) is 14.5. The number of nitrogens with one attached hydrogen (secondary N) is 2.